The van der Waals surface area contributed by atoms with E-state index in [4.69, 9.17) is 4.74 Å². The molecule has 2 rings (SSSR count). The minimum Gasteiger partial charge on any atom is -0.508 e. The van der Waals surface area contributed by atoms with Gasteiger partial charge in [-0.2, -0.15) is 8.42 Å². The van der Waals surface area contributed by atoms with Gasteiger partial charge in [-0.3, -0.25) is 4.55 Å². The molecule has 0 aliphatic heterocycles. The van der Waals surface area contributed by atoms with Gasteiger partial charge in [-0.05, 0) is 48.7 Å². The van der Waals surface area contributed by atoms with Gasteiger partial charge in [-0.1, -0.05) is 57.9 Å². The van der Waals surface area contributed by atoms with Crippen LogP contribution in [0, 0.1) is 0 Å². The maximum Gasteiger partial charge on any atom is 0.294 e. The van der Waals surface area contributed by atoms with E-state index in [1.165, 1.54) is 62.8 Å². The Morgan fingerprint density at radius 2 is 1.46 bits per heavy atom. The molecule has 0 aliphatic rings. The fourth-order valence-electron chi connectivity index (χ4n) is 3.09. The number of phenolic OH excluding ortho intramolecular Hbond substituents is 1. The topological polar surface area (TPSA) is 83.8 Å². The largest absolute Gasteiger partial charge is 0.508 e. The fourth-order valence-corrected chi connectivity index (χ4v) is 3.58. The number of unbranched alkanes of at least 4 members (excludes halogenated alkanes) is 7. The third-order valence-electron chi connectivity index (χ3n) is 4.70. The molecular weight excluding hydrogens is 376 g/mol. The van der Waals surface area contributed by atoms with Crippen LogP contribution in [0.2, 0.25) is 0 Å². The van der Waals surface area contributed by atoms with Gasteiger partial charge in [-0.25, -0.2) is 0 Å². The average molecular weight is 407 g/mol. The lowest BCUT2D eigenvalue weighted by molar-refractivity contribution is 0.458. The van der Waals surface area contributed by atoms with E-state index in [9.17, 15) is 18.1 Å². The predicted octanol–water partition coefficient (Wildman–Crippen LogP) is 6.11. The van der Waals surface area contributed by atoms with Crippen LogP contribution in [0.25, 0.3) is 0 Å². The van der Waals surface area contributed by atoms with E-state index in [-0.39, 0.29) is 10.6 Å². The predicted molar refractivity (Wildman–Crippen MR) is 111 cm³/mol. The zero-order valence-corrected chi connectivity index (χ0v) is 17.2. The molecule has 0 amide bonds. The van der Waals surface area contributed by atoms with E-state index in [0.717, 1.165) is 24.8 Å². The summed E-state index contributed by atoms with van der Waals surface area (Å²) >= 11 is 0. The van der Waals surface area contributed by atoms with Gasteiger partial charge in [0.1, 0.15) is 17.2 Å². The van der Waals surface area contributed by atoms with Crippen molar-refractivity contribution in [2.45, 2.75) is 69.6 Å². The highest BCUT2D eigenvalue weighted by molar-refractivity contribution is 7.85. The molecule has 6 heteroatoms. The summed E-state index contributed by atoms with van der Waals surface area (Å²) in [4.78, 5) is -0.194. The van der Waals surface area contributed by atoms with Crippen LogP contribution in [0.5, 0.6) is 17.2 Å². The van der Waals surface area contributed by atoms with Gasteiger partial charge < -0.3 is 9.84 Å². The third-order valence-corrected chi connectivity index (χ3v) is 5.55. The summed E-state index contributed by atoms with van der Waals surface area (Å²) in [7, 11) is -4.30. The second kappa shape index (κ2) is 11.1. The first kappa shape index (κ1) is 22.2. The van der Waals surface area contributed by atoms with Crippen LogP contribution in [0.3, 0.4) is 0 Å². The highest BCUT2D eigenvalue weighted by Crippen LogP contribution is 2.30. The van der Waals surface area contributed by atoms with Crippen molar-refractivity contribution in [1.29, 1.82) is 0 Å². The number of hydrogen-bond acceptors (Lipinski definition) is 4. The summed E-state index contributed by atoms with van der Waals surface area (Å²) in [5, 5.41) is 9.39. The number of ether oxygens (including phenoxy) is 1. The smallest absolute Gasteiger partial charge is 0.294 e. The molecule has 154 valence electrons. The quantitative estimate of drug-likeness (QED) is 0.328. The standard InChI is InChI=1S/C22H30O5S/c1-2-3-4-5-6-7-8-9-10-18-11-16-21(28(24,25)26)17-22(18)27-20-14-12-19(23)13-15-20/h11-17,23H,2-10H2,1H3,(H,24,25,26). The molecule has 0 bridgehead atoms. The van der Waals surface area contributed by atoms with Crippen molar-refractivity contribution >= 4 is 10.1 Å². The van der Waals surface area contributed by atoms with Crippen LogP contribution in [-0.4, -0.2) is 18.1 Å². The van der Waals surface area contributed by atoms with Crippen LogP contribution >= 0.6 is 0 Å². The number of benzene rings is 2. The minimum absolute atomic E-state index is 0.123. The Morgan fingerprint density at radius 1 is 0.857 bits per heavy atom. The number of aromatic hydroxyl groups is 1. The zero-order valence-electron chi connectivity index (χ0n) is 16.4. The molecule has 0 atom stereocenters. The van der Waals surface area contributed by atoms with E-state index in [2.05, 4.69) is 6.92 Å². The summed E-state index contributed by atoms with van der Waals surface area (Å²) in [6.45, 7) is 2.21. The van der Waals surface area contributed by atoms with Crippen molar-refractivity contribution in [3.8, 4) is 17.2 Å². The molecule has 2 aromatic carbocycles. The molecule has 2 aromatic rings. The molecular formula is C22H30O5S. The van der Waals surface area contributed by atoms with Crippen LogP contribution in [0.4, 0.5) is 0 Å². The lowest BCUT2D eigenvalue weighted by Gasteiger charge is -2.13. The molecule has 0 saturated heterocycles. The Hall–Kier alpha value is -2.05. The van der Waals surface area contributed by atoms with Crippen molar-refractivity contribution in [1.82, 2.24) is 0 Å². The van der Waals surface area contributed by atoms with Crippen molar-refractivity contribution in [2.75, 3.05) is 0 Å². The highest BCUT2D eigenvalue weighted by atomic mass is 32.2. The van der Waals surface area contributed by atoms with E-state index in [1.807, 2.05) is 0 Å². The van der Waals surface area contributed by atoms with Crippen molar-refractivity contribution in [3.05, 3.63) is 48.0 Å². The Balaban J connectivity index is 2.00. The van der Waals surface area contributed by atoms with E-state index >= 15 is 0 Å². The Bertz CT molecular complexity index is 829. The van der Waals surface area contributed by atoms with Gasteiger partial charge in [-0.15, -0.1) is 0 Å². The Morgan fingerprint density at radius 3 is 2.07 bits per heavy atom. The summed E-state index contributed by atoms with van der Waals surface area (Å²) in [6.07, 6.45) is 10.5. The van der Waals surface area contributed by atoms with Crippen LogP contribution in [0.15, 0.2) is 47.4 Å². The number of aryl methyl sites for hydroxylation is 1. The number of hydrogen-bond donors (Lipinski definition) is 2. The van der Waals surface area contributed by atoms with Gasteiger partial charge in [0.25, 0.3) is 10.1 Å². The van der Waals surface area contributed by atoms with Gasteiger partial charge in [0, 0.05) is 6.07 Å². The van der Waals surface area contributed by atoms with Gasteiger partial charge in [0.15, 0.2) is 0 Å². The van der Waals surface area contributed by atoms with Gasteiger partial charge >= 0.3 is 0 Å². The second-order valence-electron chi connectivity index (χ2n) is 7.07. The first-order chi connectivity index (χ1) is 13.4. The van der Waals surface area contributed by atoms with Crippen molar-refractivity contribution in [3.63, 3.8) is 0 Å². The van der Waals surface area contributed by atoms with Crippen molar-refractivity contribution in [2.24, 2.45) is 0 Å². The first-order valence-corrected chi connectivity index (χ1v) is 11.4. The molecule has 0 heterocycles. The van der Waals surface area contributed by atoms with Crippen LogP contribution in [0.1, 0.15) is 63.9 Å². The summed E-state index contributed by atoms with van der Waals surface area (Å²) in [5.74, 6) is 1.02. The fraction of sp³-hybridized carbons (Fsp3) is 0.455. The Labute approximate surface area is 168 Å². The summed E-state index contributed by atoms with van der Waals surface area (Å²) < 4.78 is 38.1. The molecule has 0 spiro atoms. The lowest BCUT2D eigenvalue weighted by atomic mass is 10.0. The second-order valence-corrected chi connectivity index (χ2v) is 8.49. The molecule has 0 fully saturated rings. The average Bonchev–Trinajstić information content (AvgIpc) is 2.66. The molecule has 0 aliphatic carbocycles. The maximum atomic E-state index is 11.5. The zero-order chi connectivity index (χ0) is 20.4. The van der Waals surface area contributed by atoms with Crippen LogP contribution < -0.4 is 4.74 Å². The van der Waals surface area contributed by atoms with Gasteiger partial charge in [0.05, 0.1) is 4.90 Å². The van der Waals surface area contributed by atoms with E-state index < -0.39 is 10.1 Å². The van der Waals surface area contributed by atoms with Crippen LogP contribution in [-0.2, 0) is 16.5 Å². The first-order valence-electron chi connectivity index (χ1n) is 9.97. The molecule has 0 saturated carbocycles. The van der Waals surface area contributed by atoms with E-state index in [0.29, 0.717) is 11.5 Å². The molecule has 0 radical (unpaired) electrons. The molecule has 0 aromatic heterocycles. The summed E-state index contributed by atoms with van der Waals surface area (Å²) in [5.41, 5.74) is 0.895. The SMILES string of the molecule is CCCCCCCCCCc1ccc(S(=O)(=O)O)cc1Oc1ccc(O)cc1. The molecule has 0 unspecified atom stereocenters. The highest BCUT2D eigenvalue weighted by Gasteiger charge is 2.14. The van der Waals surface area contributed by atoms with E-state index in [1.54, 1.807) is 18.2 Å². The molecule has 5 nitrogen and oxygen atoms in total. The summed E-state index contributed by atoms with van der Waals surface area (Å²) in [6, 6.07) is 10.7. The number of rotatable bonds is 12. The molecule has 28 heavy (non-hydrogen) atoms. The molecule has 2 N–H and O–H groups in total. The maximum absolute atomic E-state index is 11.5. The van der Waals surface area contributed by atoms with Gasteiger partial charge in [0.2, 0.25) is 0 Å². The third kappa shape index (κ3) is 7.52. The lowest BCUT2D eigenvalue weighted by Crippen LogP contribution is -2.00. The minimum atomic E-state index is -4.30. The monoisotopic (exact) mass is 406 g/mol. The van der Waals surface area contributed by atoms with Crippen molar-refractivity contribution < 1.29 is 22.8 Å². The normalized spacial score (nSPS) is 11.5. The Kier molecular flexibility index (Phi) is 8.80. The number of phenols is 1.